The number of amides is 1. The van der Waals surface area contributed by atoms with Crippen molar-refractivity contribution < 1.29 is 29.6 Å². The van der Waals surface area contributed by atoms with E-state index in [9.17, 15) is 15.0 Å². The Kier molecular flexibility index (Phi) is 4.63. The maximum absolute atomic E-state index is 10.9. The Morgan fingerprint density at radius 1 is 1.62 bits per heavy atom. The Morgan fingerprint density at radius 3 is 2.69 bits per heavy atom. The maximum Gasteiger partial charge on any atom is 0.217 e. The Morgan fingerprint density at radius 2 is 2.25 bits per heavy atom. The highest BCUT2D eigenvalue weighted by Gasteiger charge is 2.47. The third kappa shape index (κ3) is 2.69. The number of ether oxygens (including phenoxy) is 2. The number of hydrogen-bond acceptors (Lipinski definition) is 6. The fourth-order valence-electron chi connectivity index (χ4n) is 1.70. The van der Waals surface area contributed by atoms with E-state index in [4.69, 9.17) is 14.6 Å². The molecule has 16 heavy (non-hydrogen) atoms. The van der Waals surface area contributed by atoms with Crippen molar-refractivity contribution in [2.75, 3.05) is 13.7 Å². The monoisotopic (exact) mass is 235 g/mol. The second kappa shape index (κ2) is 5.55. The van der Waals surface area contributed by atoms with E-state index < -0.39 is 37.3 Å². The van der Waals surface area contributed by atoms with Gasteiger partial charge in [-0.15, -0.1) is 0 Å². The van der Waals surface area contributed by atoms with Crippen LogP contribution in [0.4, 0.5) is 0 Å². The number of aliphatic hydroxyl groups is 3. The first-order valence-electron chi connectivity index (χ1n) is 4.93. The standard InChI is InChI=1S/C9H17NO6/c1-4(12)10-6-7(14)8(5(13)3-11)16-9(6)15-2/h5-9,11,13-14H,3H2,1-2H3,(H,10,12)/t5-,6+,7-,8-,9-/m1/s1. The fraction of sp³-hybridized carbons (Fsp3) is 0.889. The summed E-state index contributed by atoms with van der Waals surface area (Å²) in [6.07, 6.45) is -4.17. The van der Waals surface area contributed by atoms with E-state index in [1.54, 1.807) is 0 Å². The SMILES string of the molecule is CO[C@@H]1O[C@H]([C@H](O)CO)[C@H](O)[C@@H]1NC(C)=O. The molecule has 1 amide bonds. The van der Waals surface area contributed by atoms with Gasteiger partial charge in [-0.25, -0.2) is 0 Å². The molecule has 1 fully saturated rings. The molecule has 0 aromatic rings. The van der Waals surface area contributed by atoms with Crippen molar-refractivity contribution in [3.63, 3.8) is 0 Å². The molecule has 0 unspecified atom stereocenters. The summed E-state index contributed by atoms with van der Waals surface area (Å²) >= 11 is 0. The van der Waals surface area contributed by atoms with Gasteiger partial charge in [-0.3, -0.25) is 4.79 Å². The van der Waals surface area contributed by atoms with Gasteiger partial charge in [-0.1, -0.05) is 0 Å². The number of methoxy groups -OCH3 is 1. The third-order valence-electron chi connectivity index (χ3n) is 2.46. The summed E-state index contributed by atoms with van der Waals surface area (Å²) in [6, 6.07) is -0.756. The Bertz CT molecular complexity index is 248. The average Bonchev–Trinajstić information content (AvgIpc) is 2.55. The zero-order chi connectivity index (χ0) is 12.3. The zero-order valence-electron chi connectivity index (χ0n) is 9.16. The van der Waals surface area contributed by atoms with E-state index in [0.717, 1.165) is 0 Å². The van der Waals surface area contributed by atoms with Crippen LogP contribution in [0.3, 0.4) is 0 Å². The number of carbonyl (C=O) groups is 1. The minimum absolute atomic E-state index is 0.339. The largest absolute Gasteiger partial charge is 0.394 e. The van der Waals surface area contributed by atoms with Crippen LogP contribution in [0.15, 0.2) is 0 Å². The lowest BCUT2D eigenvalue weighted by atomic mass is 10.0. The molecule has 94 valence electrons. The van der Waals surface area contributed by atoms with Gasteiger partial charge in [-0.05, 0) is 0 Å². The molecule has 0 aromatic heterocycles. The zero-order valence-corrected chi connectivity index (χ0v) is 9.16. The summed E-state index contributed by atoms with van der Waals surface area (Å²) in [4.78, 5) is 10.9. The molecule has 0 aromatic carbocycles. The molecule has 0 saturated carbocycles. The molecule has 0 bridgehead atoms. The van der Waals surface area contributed by atoms with Crippen molar-refractivity contribution in [1.29, 1.82) is 0 Å². The Labute approximate surface area is 93.0 Å². The second-order valence-corrected chi connectivity index (χ2v) is 3.67. The van der Waals surface area contributed by atoms with Crippen LogP contribution in [0.5, 0.6) is 0 Å². The van der Waals surface area contributed by atoms with Crippen molar-refractivity contribution >= 4 is 5.91 Å². The summed E-state index contributed by atoms with van der Waals surface area (Å²) in [6.45, 7) is 0.764. The lowest BCUT2D eigenvalue weighted by molar-refractivity contribution is -0.155. The molecule has 4 N–H and O–H groups in total. The summed E-state index contributed by atoms with van der Waals surface area (Å²) in [7, 11) is 1.36. The van der Waals surface area contributed by atoms with E-state index in [0.29, 0.717) is 0 Å². The average molecular weight is 235 g/mol. The fourth-order valence-corrected chi connectivity index (χ4v) is 1.70. The number of aliphatic hydroxyl groups excluding tert-OH is 3. The summed E-state index contributed by atoms with van der Waals surface area (Å²) in [5, 5.41) is 30.4. The summed E-state index contributed by atoms with van der Waals surface area (Å²) < 4.78 is 10.1. The van der Waals surface area contributed by atoms with Crippen molar-refractivity contribution in [1.82, 2.24) is 5.32 Å². The number of hydrogen-bond donors (Lipinski definition) is 4. The minimum atomic E-state index is -1.22. The molecule has 1 aliphatic rings. The van der Waals surface area contributed by atoms with Crippen LogP contribution < -0.4 is 5.32 Å². The topological polar surface area (TPSA) is 108 Å². The molecule has 1 saturated heterocycles. The van der Waals surface area contributed by atoms with Crippen molar-refractivity contribution in [2.24, 2.45) is 0 Å². The van der Waals surface area contributed by atoms with Gasteiger partial charge in [0.05, 0.1) is 6.61 Å². The molecule has 0 aliphatic carbocycles. The van der Waals surface area contributed by atoms with Crippen molar-refractivity contribution in [3.8, 4) is 0 Å². The van der Waals surface area contributed by atoms with Crippen LogP contribution in [0.1, 0.15) is 6.92 Å². The lowest BCUT2D eigenvalue weighted by Gasteiger charge is -2.20. The van der Waals surface area contributed by atoms with E-state index in [2.05, 4.69) is 5.32 Å². The molecule has 1 heterocycles. The molecular formula is C9H17NO6. The molecule has 7 heteroatoms. The highest BCUT2D eigenvalue weighted by atomic mass is 16.7. The maximum atomic E-state index is 10.9. The van der Waals surface area contributed by atoms with Gasteiger partial charge in [-0.2, -0.15) is 0 Å². The normalized spacial score (nSPS) is 36.1. The molecule has 1 aliphatic heterocycles. The van der Waals surface area contributed by atoms with Crippen LogP contribution in [-0.4, -0.2) is 65.6 Å². The second-order valence-electron chi connectivity index (χ2n) is 3.67. The first-order valence-corrected chi connectivity index (χ1v) is 4.93. The van der Waals surface area contributed by atoms with Gasteiger partial charge in [0.1, 0.15) is 24.4 Å². The number of rotatable bonds is 4. The lowest BCUT2D eigenvalue weighted by Crippen LogP contribution is -2.49. The van der Waals surface area contributed by atoms with Crippen molar-refractivity contribution in [2.45, 2.75) is 37.6 Å². The highest BCUT2D eigenvalue weighted by molar-refractivity contribution is 5.73. The van der Waals surface area contributed by atoms with Gasteiger partial charge < -0.3 is 30.1 Å². The first kappa shape index (κ1) is 13.3. The van der Waals surface area contributed by atoms with Crippen LogP contribution in [0.25, 0.3) is 0 Å². The number of nitrogens with one attached hydrogen (secondary N) is 1. The predicted octanol–water partition coefficient (Wildman–Crippen LogP) is -2.42. The highest BCUT2D eigenvalue weighted by Crippen LogP contribution is 2.24. The van der Waals surface area contributed by atoms with E-state index >= 15 is 0 Å². The molecular weight excluding hydrogens is 218 g/mol. The molecule has 1 rings (SSSR count). The van der Waals surface area contributed by atoms with Gasteiger partial charge in [0.2, 0.25) is 5.91 Å². The van der Waals surface area contributed by atoms with Crippen molar-refractivity contribution in [3.05, 3.63) is 0 Å². The third-order valence-corrected chi connectivity index (χ3v) is 2.46. The van der Waals surface area contributed by atoms with Crippen LogP contribution in [0.2, 0.25) is 0 Å². The van der Waals surface area contributed by atoms with Crippen LogP contribution in [0, 0.1) is 0 Å². The Balaban J connectivity index is 2.72. The van der Waals surface area contributed by atoms with E-state index in [1.807, 2.05) is 0 Å². The minimum Gasteiger partial charge on any atom is -0.394 e. The predicted molar refractivity (Wildman–Crippen MR) is 52.4 cm³/mol. The first-order chi connectivity index (χ1) is 7.51. The van der Waals surface area contributed by atoms with Gasteiger partial charge >= 0.3 is 0 Å². The molecule has 7 nitrogen and oxygen atoms in total. The summed E-state index contributed by atoms with van der Waals surface area (Å²) in [5.74, 6) is -0.339. The summed E-state index contributed by atoms with van der Waals surface area (Å²) in [5.41, 5.74) is 0. The van der Waals surface area contributed by atoms with Gasteiger partial charge in [0.15, 0.2) is 6.29 Å². The molecule has 5 atom stereocenters. The van der Waals surface area contributed by atoms with E-state index in [1.165, 1.54) is 14.0 Å². The quantitative estimate of drug-likeness (QED) is 0.432. The smallest absolute Gasteiger partial charge is 0.217 e. The molecule has 0 spiro atoms. The Hall–Kier alpha value is -0.730. The van der Waals surface area contributed by atoms with Crippen LogP contribution in [-0.2, 0) is 14.3 Å². The van der Waals surface area contributed by atoms with Gasteiger partial charge in [0, 0.05) is 14.0 Å². The van der Waals surface area contributed by atoms with Gasteiger partial charge in [0.25, 0.3) is 0 Å². The van der Waals surface area contributed by atoms with Crippen LogP contribution >= 0.6 is 0 Å². The molecule has 0 radical (unpaired) electrons. The van der Waals surface area contributed by atoms with E-state index in [-0.39, 0.29) is 5.91 Å². The number of carbonyl (C=O) groups excluding carboxylic acids is 1.